The maximum absolute atomic E-state index is 13.1. The van der Waals surface area contributed by atoms with E-state index in [0.29, 0.717) is 49.3 Å². The summed E-state index contributed by atoms with van der Waals surface area (Å²) in [6.45, 7) is 8.73. The van der Waals surface area contributed by atoms with E-state index < -0.39 is 36.5 Å². The van der Waals surface area contributed by atoms with Gasteiger partial charge >= 0.3 is 23.9 Å². The van der Waals surface area contributed by atoms with Gasteiger partial charge in [-0.25, -0.2) is 19.2 Å². The number of aromatic nitrogens is 2. The second-order valence-corrected chi connectivity index (χ2v) is 12.8. The third kappa shape index (κ3) is 13.7. The van der Waals surface area contributed by atoms with Gasteiger partial charge in [0.15, 0.2) is 0 Å². The Labute approximate surface area is 336 Å². The Bertz CT molecular complexity index is 1810. The molecule has 3 heterocycles. The minimum absolute atomic E-state index is 0.143. The summed E-state index contributed by atoms with van der Waals surface area (Å²) >= 11 is 0. The van der Waals surface area contributed by atoms with Gasteiger partial charge in [0, 0.05) is 23.3 Å². The number of carbonyl (C=O) groups excluding carboxylic acids is 4. The van der Waals surface area contributed by atoms with Crippen LogP contribution in [0.4, 0.5) is 0 Å². The molecule has 0 aliphatic carbocycles. The third-order valence-electron chi connectivity index (χ3n) is 8.56. The number of pyridine rings is 2. The van der Waals surface area contributed by atoms with Crippen molar-refractivity contribution in [1.82, 2.24) is 9.97 Å². The number of benzene rings is 2. The Morgan fingerprint density at radius 1 is 0.552 bits per heavy atom. The lowest BCUT2D eigenvalue weighted by atomic mass is 10.1. The lowest BCUT2D eigenvalue weighted by Gasteiger charge is -2.30. The van der Waals surface area contributed by atoms with Crippen molar-refractivity contribution in [2.75, 3.05) is 39.6 Å². The van der Waals surface area contributed by atoms with Gasteiger partial charge in [0.2, 0.25) is 0 Å². The average molecular weight is 795 g/mol. The molecule has 2 atom stereocenters. The van der Waals surface area contributed by atoms with Crippen molar-refractivity contribution in [1.29, 1.82) is 0 Å². The fourth-order valence-electron chi connectivity index (χ4n) is 5.44. The molecule has 5 rings (SSSR count). The van der Waals surface area contributed by atoms with E-state index in [2.05, 4.69) is 23.1 Å². The lowest BCUT2D eigenvalue weighted by Crippen LogP contribution is -2.44. The Balaban J connectivity index is 1.04. The van der Waals surface area contributed by atoms with Crippen LogP contribution >= 0.6 is 0 Å². The van der Waals surface area contributed by atoms with Crippen LogP contribution in [0.25, 0.3) is 22.5 Å². The monoisotopic (exact) mass is 794 g/mol. The normalized spacial score (nSPS) is 14.7. The zero-order chi connectivity index (χ0) is 41.0. The van der Waals surface area contributed by atoms with E-state index in [1.807, 2.05) is 24.3 Å². The molecule has 2 aromatic heterocycles. The molecule has 1 saturated heterocycles. The van der Waals surface area contributed by atoms with Gasteiger partial charge in [0.25, 0.3) is 12.6 Å². The minimum atomic E-state index is -1.28. The summed E-state index contributed by atoms with van der Waals surface area (Å²) in [5.41, 5.74) is 3.44. The second kappa shape index (κ2) is 23.0. The largest absolute Gasteiger partial charge is 0.492 e. The van der Waals surface area contributed by atoms with Crippen molar-refractivity contribution >= 4 is 23.9 Å². The van der Waals surface area contributed by atoms with Crippen molar-refractivity contribution in [3.05, 3.63) is 122 Å². The lowest BCUT2D eigenvalue weighted by molar-refractivity contribution is -0.288. The quantitative estimate of drug-likeness (QED) is 0.0343. The predicted molar refractivity (Wildman–Crippen MR) is 211 cm³/mol. The standard InChI is InChI=1S/C44H46N2O12/c1-3-39(47)53-25-9-5-7-23-51-35-19-21-37(45-29-35)31-11-15-33(16-12-31)41(49)57-43-44(56-28-27-55-43)58-42(50)34-17-13-32(14-18-34)38-22-20-36(30-46-38)52-24-8-6-10-26-54-40(48)4-2/h3-4,11-22,29-30,43-44H,1-2,5-10,23-28H2/t43-,44-/m0/s1. The van der Waals surface area contributed by atoms with Crippen LogP contribution in [-0.4, -0.2) is 86.1 Å². The Kier molecular flexibility index (Phi) is 17.0. The fourth-order valence-corrected chi connectivity index (χ4v) is 5.44. The first kappa shape index (κ1) is 42.8. The molecule has 1 aliphatic rings. The van der Waals surface area contributed by atoms with Crippen molar-refractivity contribution in [3.63, 3.8) is 0 Å². The highest BCUT2D eigenvalue weighted by molar-refractivity contribution is 5.91. The van der Waals surface area contributed by atoms with Crippen LogP contribution < -0.4 is 9.47 Å². The Morgan fingerprint density at radius 3 is 1.31 bits per heavy atom. The summed E-state index contributed by atoms with van der Waals surface area (Å²) in [7, 11) is 0. The molecule has 0 N–H and O–H groups in total. The Morgan fingerprint density at radius 2 is 0.948 bits per heavy atom. The van der Waals surface area contributed by atoms with E-state index in [-0.39, 0.29) is 24.3 Å². The molecule has 2 aromatic carbocycles. The predicted octanol–water partition coefficient (Wildman–Crippen LogP) is 7.08. The Hall–Kier alpha value is -6.38. The SMILES string of the molecule is C=CC(=O)OCCCCCOc1ccc(-c2ccc(C(=O)O[C@@H]3OCCO[C@H]3OC(=O)c3ccc(-c4ccc(OCCCCCOC(=O)C=C)cn4)cc3)cc2)nc1. The van der Waals surface area contributed by atoms with E-state index >= 15 is 0 Å². The van der Waals surface area contributed by atoms with E-state index in [0.717, 1.165) is 61.8 Å². The average Bonchev–Trinajstić information content (AvgIpc) is 3.26. The van der Waals surface area contributed by atoms with Crippen molar-refractivity contribution in [2.24, 2.45) is 0 Å². The van der Waals surface area contributed by atoms with Crippen molar-refractivity contribution < 1.29 is 57.1 Å². The van der Waals surface area contributed by atoms with E-state index in [9.17, 15) is 19.2 Å². The van der Waals surface area contributed by atoms with Crippen molar-refractivity contribution in [3.8, 4) is 34.0 Å². The number of hydrogen-bond donors (Lipinski definition) is 0. The van der Waals surface area contributed by atoms with E-state index in [4.69, 9.17) is 37.9 Å². The molecule has 0 amide bonds. The van der Waals surface area contributed by atoms with Gasteiger partial charge in [-0.2, -0.15) is 0 Å². The van der Waals surface area contributed by atoms with Crippen LogP contribution in [-0.2, 0) is 38.0 Å². The van der Waals surface area contributed by atoms with Gasteiger partial charge in [0.05, 0.1) is 74.5 Å². The molecule has 304 valence electrons. The molecule has 1 aliphatic heterocycles. The first-order valence-electron chi connectivity index (χ1n) is 18.9. The maximum Gasteiger partial charge on any atom is 0.340 e. The van der Waals surface area contributed by atoms with Gasteiger partial charge in [-0.3, -0.25) is 9.97 Å². The van der Waals surface area contributed by atoms with Crippen LogP contribution in [0.2, 0.25) is 0 Å². The molecular formula is C44H46N2O12. The van der Waals surface area contributed by atoms with Gasteiger partial charge < -0.3 is 37.9 Å². The summed E-state index contributed by atoms with van der Waals surface area (Å²) in [5.74, 6) is -0.962. The van der Waals surface area contributed by atoms with Gasteiger partial charge in [-0.1, -0.05) is 37.4 Å². The second-order valence-electron chi connectivity index (χ2n) is 12.8. The van der Waals surface area contributed by atoms with Crippen molar-refractivity contribution in [2.45, 2.75) is 51.1 Å². The summed E-state index contributed by atoms with van der Waals surface area (Å²) in [6, 6.07) is 20.7. The highest BCUT2D eigenvalue weighted by atomic mass is 16.8. The summed E-state index contributed by atoms with van der Waals surface area (Å²) in [5, 5.41) is 0. The number of hydrogen-bond acceptors (Lipinski definition) is 14. The number of nitrogens with zero attached hydrogens (tertiary/aromatic N) is 2. The summed E-state index contributed by atoms with van der Waals surface area (Å²) < 4.78 is 43.8. The van der Waals surface area contributed by atoms with E-state index in [1.165, 1.54) is 0 Å². The smallest absolute Gasteiger partial charge is 0.340 e. The number of esters is 4. The third-order valence-corrected chi connectivity index (χ3v) is 8.56. The summed E-state index contributed by atoms with van der Waals surface area (Å²) in [4.78, 5) is 57.2. The van der Waals surface area contributed by atoms with Crippen LogP contribution in [0.1, 0.15) is 59.2 Å². The van der Waals surface area contributed by atoms with Crippen LogP contribution in [0.5, 0.6) is 11.5 Å². The highest BCUT2D eigenvalue weighted by Gasteiger charge is 2.34. The zero-order valence-electron chi connectivity index (χ0n) is 32.1. The highest BCUT2D eigenvalue weighted by Crippen LogP contribution is 2.24. The molecule has 1 fully saturated rings. The minimum Gasteiger partial charge on any atom is -0.492 e. The van der Waals surface area contributed by atoms with Gasteiger partial charge in [-0.15, -0.1) is 0 Å². The van der Waals surface area contributed by atoms with E-state index in [1.54, 1.807) is 60.9 Å². The molecule has 4 aromatic rings. The van der Waals surface area contributed by atoms with Crippen LogP contribution in [0.15, 0.2) is 111 Å². The zero-order valence-corrected chi connectivity index (χ0v) is 32.1. The number of unbranched alkanes of at least 4 members (excludes halogenated alkanes) is 4. The van der Waals surface area contributed by atoms with Gasteiger partial charge in [0.1, 0.15) is 11.5 Å². The number of rotatable bonds is 22. The molecule has 0 bridgehead atoms. The first-order chi connectivity index (χ1) is 28.3. The number of ether oxygens (including phenoxy) is 8. The topological polar surface area (TPSA) is 168 Å². The van der Waals surface area contributed by atoms with Gasteiger partial charge in [-0.05, 0) is 87.1 Å². The van der Waals surface area contributed by atoms with Crippen LogP contribution in [0.3, 0.4) is 0 Å². The fraction of sp³-hybridized carbons (Fsp3) is 0.318. The molecule has 0 unspecified atom stereocenters. The molecule has 14 heteroatoms. The number of carbonyl (C=O) groups is 4. The molecule has 0 radical (unpaired) electrons. The maximum atomic E-state index is 13.1. The molecule has 0 saturated carbocycles. The molecule has 0 spiro atoms. The molecule has 58 heavy (non-hydrogen) atoms. The van der Waals surface area contributed by atoms with Crippen LogP contribution in [0, 0.1) is 0 Å². The molecular weight excluding hydrogens is 748 g/mol. The summed E-state index contributed by atoms with van der Waals surface area (Å²) in [6.07, 6.45) is 7.79. The first-order valence-corrected chi connectivity index (χ1v) is 18.9. The molecule has 14 nitrogen and oxygen atoms in total.